The number of anilines is 1. The van der Waals surface area contributed by atoms with Crippen LogP contribution in [-0.2, 0) is 0 Å². The van der Waals surface area contributed by atoms with Gasteiger partial charge in [0.1, 0.15) is 5.56 Å². The lowest BCUT2D eigenvalue weighted by Gasteiger charge is -2.31. The molecule has 1 aliphatic carbocycles. The molecule has 2 unspecified atom stereocenters. The molecule has 2 N–H and O–H groups in total. The van der Waals surface area contributed by atoms with Crippen LogP contribution in [0.15, 0.2) is 18.2 Å². The van der Waals surface area contributed by atoms with Gasteiger partial charge in [-0.1, -0.05) is 12.8 Å². The van der Waals surface area contributed by atoms with Crippen LogP contribution in [0.4, 0.5) is 11.4 Å². The molecule has 1 aromatic rings. The molecule has 1 aromatic carbocycles. The van der Waals surface area contributed by atoms with Crippen molar-refractivity contribution in [2.45, 2.75) is 38.1 Å². The maximum atomic E-state index is 12.7. The zero-order valence-electron chi connectivity index (χ0n) is 11.8. The molecule has 2 aliphatic rings. The minimum Gasteiger partial charge on any atom is -0.399 e. The quantitative estimate of drug-likeness (QED) is 0.514. The second-order valence-corrected chi connectivity index (χ2v) is 5.93. The van der Waals surface area contributed by atoms with Gasteiger partial charge < -0.3 is 10.6 Å². The largest absolute Gasteiger partial charge is 0.399 e. The number of benzene rings is 1. The molecule has 2 atom stereocenters. The molecule has 1 saturated heterocycles. The van der Waals surface area contributed by atoms with Crippen molar-refractivity contribution in [1.29, 1.82) is 0 Å². The Kier molecular flexibility index (Phi) is 3.53. The Bertz CT molecular complexity index is 588. The Morgan fingerprint density at radius 2 is 2.05 bits per heavy atom. The minimum absolute atomic E-state index is 0.117. The molecule has 1 heterocycles. The fourth-order valence-corrected chi connectivity index (χ4v) is 3.70. The molecule has 6 nitrogen and oxygen atoms in total. The molecule has 0 bridgehead atoms. The van der Waals surface area contributed by atoms with E-state index < -0.39 is 4.92 Å². The Hall–Kier alpha value is -2.11. The number of fused-ring (bicyclic) bond motifs is 1. The smallest absolute Gasteiger partial charge is 0.282 e. The first-order valence-corrected chi connectivity index (χ1v) is 7.43. The fourth-order valence-electron chi connectivity index (χ4n) is 3.70. The van der Waals surface area contributed by atoms with Crippen molar-refractivity contribution in [2.24, 2.45) is 5.92 Å². The molecule has 6 heteroatoms. The van der Waals surface area contributed by atoms with Gasteiger partial charge in [-0.2, -0.15) is 0 Å². The highest BCUT2D eigenvalue weighted by Gasteiger charge is 2.39. The van der Waals surface area contributed by atoms with Crippen LogP contribution < -0.4 is 5.73 Å². The van der Waals surface area contributed by atoms with Crippen molar-refractivity contribution in [3.05, 3.63) is 33.9 Å². The van der Waals surface area contributed by atoms with Crippen molar-refractivity contribution in [1.82, 2.24) is 4.90 Å². The maximum absolute atomic E-state index is 12.7. The highest BCUT2D eigenvalue weighted by molar-refractivity contribution is 5.99. The van der Waals surface area contributed by atoms with E-state index in [-0.39, 0.29) is 23.2 Å². The summed E-state index contributed by atoms with van der Waals surface area (Å²) in [5.74, 6) is 0.311. The zero-order chi connectivity index (χ0) is 15.0. The Labute approximate surface area is 123 Å². The van der Waals surface area contributed by atoms with Crippen LogP contribution in [0, 0.1) is 16.0 Å². The molecule has 0 aromatic heterocycles. The number of carbonyl (C=O) groups is 1. The van der Waals surface area contributed by atoms with E-state index in [2.05, 4.69) is 0 Å². The second-order valence-electron chi connectivity index (χ2n) is 5.93. The van der Waals surface area contributed by atoms with Crippen molar-refractivity contribution < 1.29 is 9.72 Å². The summed E-state index contributed by atoms with van der Waals surface area (Å²) in [5.41, 5.74) is 6.04. The van der Waals surface area contributed by atoms with E-state index in [9.17, 15) is 14.9 Å². The van der Waals surface area contributed by atoms with E-state index in [1.54, 1.807) is 0 Å². The number of nitro benzene ring substituents is 1. The van der Waals surface area contributed by atoms with Crippen LogP contribution in [0.5, 0.6) is 0 Å². The van der Waals surface area contributed by atoms with Gasteiger partial charge in [-0.05, 0) is 37.3 Å². The summed E-state index contributed by atoms with van der Waals surface area (Å²) in [7, 11) is 0. The van der Waals surface area contributed by atoms with E-state index in [1.165, 1.54) is 24.6 Å². The SMILES string of the molecule is Nc1ccc([N+](=O)[O-])c(C(=O)N2CCC3CCCCC32)c1. The molecule has 0 radical (unpaired) electrons. The number of hydrogen-bond acceptors (Lipinski definition) is 4. The van der Waals surface area contributed by atoms with E-state index in [4.69, 9.17) is 5.73 Å². The molecular weight excluding hydrogens is 270 g/mol. The van der Waals surface area contributed by atoms with Gasteiger partial charge in [0.05, 0.1) is 4.92 Å². The summed E-state index contributed by atoms with van der Waals surface area (Å²) >= 11 is 0. The number of carbonyl (C=O) groups excluding carboxylic acids is 1. The molecule has 0 spiro atoms. The summed E-state index contributed by atoms with van der Waals surface area (Å²) < 4.78 is 0. The first kappa shape index (κ1) is 13.9. The third-order valence-corrected chi connectivity index (χ3v) is 4.72. The van der Waals surface area contributed by atoms with Crippen LogP contribution in [0.1, 0.15) is 42.5 Å². The highest BCUT2D eigenvalue weighted by Crippen LogP contribution is 2.37. The molecule has 1 aliphatic heterocycles. The number of nitrogen functional groups attached to an aromatic ring is 1. The van der Waals surface area contributed by atoms with Crippen LogP contribution >= 0.6 is 0 Å². The van der Waals surface area contributed by atoms with E-state index in [0.29, 0.717) is 18.2 Å². The number of nitrogens with zero attached hydrogens (tertiary/aromatic N) is 2. The van der Waals surface area contributed by atoms with Gasteiger partial charge >= 0.3 is 0 Å². The molecule has 3 rings (SSSR count). The number of nitro groups is 1. The molecule has 21 heavy (non-hydrogen) atoms. The summed E-state index contributed by atoms with van der Waals surface area (Å²) in [6.45, 7) is 0.695. The highest BCUT2D eigenvalue weighted by atomic mass is 16.6. The monoisotopic (exact) mass is 289 g/mol. The first-order valence-electron chi connectivity index (χ1n) is 7.43. The molecular formula is C15H19N3O3. The number of nitrogens with two attached hydrogens (primary N) is 1. The molecule has 1 amide bonds. The van der Waals surface area contributed by atoms with E-state index in [1.807, 2.05) is 4.90 Å². The number of hydrogen-bond donors (Lipinski definition) is 1. The Balaban J connectivity index is 1.92. The van der Waals surface area contributed by atoms with Crippen molar-refractivity contribution in [3.63, 3.8) is 0 Å². The van der Waals surface area contributed by atoms with Gasteiger partial charge in [0, 0.05) is 24.3 Å². The fraction of sp³-hybridized carbons (Fsp3) is 0.533. The van der Waals surface area contributed by atoms with Gasteiger partial charge in [0.15, 0.2) is 0 Å². The Morgan fingerprint density at radius 3 is 2.81 bits per heavy atom. The summed E-state index contributed by atoms with van der Waals surface area (Å²) in [4.78, 5) is 25.2. The summed E-state index contributed by atoms with van der Waals surface area (Å²) in [5, 5.41) is 11.1. The summed E-state index contributed by atoms with van der Waals surface area (Å²) in [6.07, 6.45) is 5.53. The van der Waals surface area contributed by atoms with E-state index in [0.717, 1.165) is 25.7 Å². The average Bonchev–Trinajstić information content (AvgIpc) is 2.90. The lowest BCUT2D eigenvalue weighted by atomic mass is 9.85. The van der Waals surface area contributed by atoms with Gasteiger partial charge in [0.25, 0.3) is 11.6 Å². The first-order chi connectivity index (χ1) is 10.1. The van der Waals surface area contributed by atoms with Crippen molar-refractivity contribution in [3.8, 4) is 0 Å². The van der Waals surface area contributed by atoms with Gasteiger partial charge in [-0.15, -0.1) is 0 Å². The van der Waals surface area contributed by atoms with Crippen LogP contribution in [0.25, 0.3) is 0 Å². The maximum Gasteiger partial charge on any atom is 0.282 e. The molecule has 1 saturated carbocycles. The van der Waals surface area contributed by atoms with Gasteiger partial charge in [-0.25, -0.2) is 0 Å². The summed E-state index contributed by atoms with van der Waals surface area (Å²) in [6, 6.07) is 4.45. The van der Waals surface area contributed by atoms with Crippen molar-refractivity contribution >= 4 is 17.3 Å². The van der Waals surface area contributed by atoms with Crippen LogP contribution in [0.3, 0.4) is 0 Å². The topological polar surface area (TPSA) is 89.5 Å². The van der Waals surface area contributed by atoms with E-state index >= 15 is 0 Å². The van der Waals surface area contributed by atoms with Crippen molar-refractivity contribution in [2.75, 3.05) is 12.3 Å². The molecule has 2 fully saturated rings. The number of amides is 1. The predicted molar refractivity (Wildman–Crippen MR) is 78.9 cm³/mol. The van der Waals surface area contributed by atoms with Gasteiger partial charge in [-0.3, -0.25) is 14.9 Å². The minimum atomic E-state index is -0.513. The molecule has 112 valence electrons. The number of rotatable bonds is 2. The standard InChI is InChI=1S/C15H19N3O3/c16-11-5-6-14(18(20)21)12(9-11)15(19)17-8-7-10-3-1-2-4-13(10)17/h5-6,9-10,13H,1-4,7-8,16H2. The van der Waals surface area contributed by atoms with Crippen LogP contribution in [0.2, 0.25) is 0 Å². The van der Waals surface area contributed by atoms with Gasteiger partial charge in [0.2, 0.25) is 0 Å². The lowest BCUT2D eigenvalue weighted by Crippen LogP contribution is -2.39. The lowest BCUT2D eigenvalue weighted by molar-refractivity contribution is -0.385. The zero-order valence-corrected chi connectivity index (χ0v) is 11.8. The predicted octanol–water partition coefficient (Wildman–Crippen LogP) is 2.58. The third-order valence-electron chi connectivity index (χ3n) is 4.72. The average molecular weight is 289 g/mol. The number of likely N-dealkylation sites (tertiary alicyclic amines) is 1. The van der Waals surface area contributed by atoms with Crippen LogP contribution in [-0.4, -0.2) is 28.3 Å². The Morgan fingerprint density at radius 1 is 1.29 bits per heavy atom. The third kappa shape index (κ3) is 2.46. The normalized spacial score (nSPS) is 24.7. The second kappa shape index (κ2) is 5.35.